The van der Waals surface area contributed by atoms with Crippen molar-refractivity contribution in [2.75, 3.05) is 29.9 Å². The van der Waals surface area contributed by atoms with Gasteiger partial charge in [-0.1, -0.05) is 37.3 Å². The molecule has 1 aliphatic heterocycles. The predicted molar refractivity (Wildman–Crippen MR) is 118 cm³/mol. The second-order valence-corrected chi connectivity index (χ2v) is 7.88. The molecule has 2 aromatic rings. The van der Waals surface area contributed by atoms with E-state index in [2.05, 4.69) is 44.6 Å². The van der Waals surface area contributed by atoms with Crippen LogP contribution in [0, 0.1) is 5.92 Å². The molecule has 156 valence electrons. The molecule has 0 unspecified atom stereocenters. The summed E-state index contributed by atoms with van der Waals surface area (Å²) >= 11 is 0. The van der Waals surface area contributed by atoms with Crippen molar-refractivity contribution in [3.05, 3.63) is 48.3 Å². The van der Waals surface area contributed by atoms with Gasteiger partial charge in [-0.05, 0) is 44.1 Å². The van der Waals surface area contributed by atoms with E-state index in [1.54, 1.807) is 6.33 Å². The fraction of sp³-hybridized carbons (Fsp3) is 0.522. The first kappa shape index (κ1) is 21.1. The SMILES string of the molecule is CCCNc1cc(N2CCC[C@@H](CCC(=O)N[C@H](C)c3ccccc3)C2)ncn1. The molecule has 0 aliphatic carbocycles. The molecule has 1 aromatic heterocycles. The largest absolute Gasteiger partial charge is 0.370 e. The number of benzene rings is 1. The first-order chi connectivity index (χ1) is 14.2. The highest BCUT2D eigenvalue weighted by molar-refractivity contribution is 5.76. The molecule has 6 nitrogen and oxygen atoms in total. The maximum atomic E-state index is 12.4. The van der Waals surface area contributed by atoms with Gasteiger partial charge in [0.25, 0.3) is 0 Å². The highest BCUT2D eigenvalue weighted by atomic mass is 16.1. The molecule has 2 N–H and O–H groups in total. The maximum absolute atomic E-state index is 12.4. The normalized spacial score (nSPS) is 17.6. The number of hydrogen-bond acceptors (Lipinski definition) is 5. The van der Waals surface area contributed by atoms with Gasteiger partial charge in [0, 0.05) is 32.1 Å². The van der Waals surface area contributed by atoms with Crippen LogP contribution in [0.25, 0.3) is 0 Å². The van der Waals surface area contributed by atoms with Gasteiger partial charge in [0.15, 0.2) is 0 Å². The molecule has 1 saturated heterocycles. The molecule has 0 saturated carbocycles. The number of nitrogens with one attached hydrogen (secondary N) is 2. The highest BCUT2D eigenvalue weighted by Gasteiger charge is 2.22. The Morgan fingerprint density at radius 3 is 2.90 bits per heavy atom. The van der Waals surface area contributed by atoms with Crippen LogP contribution in [-0.4, -0.2) is 35.5 Å². The zero-order valence-electron chi connectivity index (χ0n) is 17.6. The van der Waals surface area contributed by atoms with E-state index in [1.165, 1.54) is 6.42 Å². The van der Waals surface area contributed by atoms with Crippen molar-refractivity contribution >= 4 is 17.5 Å². The van der Waals surface area contributed by atoms with Crippen molar-refractivity contribution in [2.24, 2.45) is 5.92 Å². The summed E-state index contributed by atoms with van der Waals surface area (Å²) in [6.45, 7) is 7.05. The van der Waals surface area contributed by atoms with E-state index in [-0.39, 0.29) is 11.9 Å². The van der Waals surface area contributed by atoms with Gasteiger partial charge in [0.1, 0.15) is 18.0 Å². The minimum atomic E-state index is 0.0432. The van der Waals surface area contributed by atoms with Crippen molar-refractivity contribution < 1.29 is 4.79 Å². The van der Waals surface area contributed by atoms with Crippen LogP contribution in [0.3, 0.4) is 0 Å². The Labute approximate surface area is 174 Å². The summed E-state index contributed by atoms with van der Waals surface area (Å²) < 4.78 is 0. The number of amides is 1. The smallest absolute Gasteiger partial charge is 0.220 e. The third-order valence-corrected chi connectivity index (χ3v) is 5.51. The molecule has 2 atom stereocenters. The van der Waals surface area contributed by atoms with Crippen LogP contribution in [0.4, 0.5) is 11.6 Å². The number of nitrogens with zero attached hydrogens (tertiary/aromatic N) is 3. The van der Waals surface area contributed by atoms with Gasteiger partial charge in [0.05, 0.1) is 6.04 Å². The molecule has 1 aromatic carbocycles. The Balaban J connectivity index is 1.48. The first-order valence-electron chi connectivity index (χ1n) is 10.8. The number of carbonyl (C=O) groups is 1. The number of hydrogen-bond donors (Lipinski definition) is 2. The van der Waals surface area contributed by atoms with E-state index in [1.807, 2.05) is 31.2 Å². The molecule has 3 rings (SSSR count). The van der Waals surface area contributed by atoms with Gasteiger partial charge >= 0.3 is 0 Å². The fourth-order valence-electron chi connectivity index (χ4n) is 3.85. The topological polar surface area (TPSA) is 70.2 Å². The summed E-state index contributed by atoms with van der Waals surface area (Å²) in [5.74, 6) is 2.51. The molecule has 0 bridgehead atoms. The Kier molecular flexibility index (Phi) is 7.85. The van der Waals surface area contributed by atoms with Crippen molar-refractivity contribution in [2.45, 2.75) is 52.0 Å². The maximum Gasteiger partial charge on any atom is 0.220 e. The van der Waals surface area contributed by atoms with Crippen molar-refractivity contribution in [1.29, 1.82) is 0 Å². The van der Waals surface area contributed by atoms with Crippen LogP contribution < -0.4 is 15.5 Å². The summed E-state index contributed by atoms with van der Waals surface area (Å²) in [6.07, 6.45) is 6.49. The van der Waals surface area contributed by atoms with Gasteiger partial charge < -0.3 is 15.5 Å². The molecule has 1 amide bonds. The van der Waals surface area contributed by atoms with Gasteiger partial charge in [-0.3, -0.25) is 4.79 Å². The predicted octanol–water partition coefficient (Wildman–Crippen LogP) is 4.17. The van der Waals surface area contributed by atoms with E-state index in [0.29, 0.717) is 12.3 Å². The van der Waals surface area contributed by atoms with Crippen LogP contribution in [0.15, 0.2) is 42.7 Å². The lowest BCUT2D eigenvalue weighted by Crippen LogP contribution is -2.36. The molecule has 1 fully saturated rings. The lowest BCUT2D eigenvalue weighted by molar-refractivity contribution is -0.122. The quantitative estimate of drug-likeness (QED) is 0.667. The van der Waals surface area contributed by atoms with Gasteiger partial charge in [-0.15, -0.1) is 0 Å². The average Bonchev–Trinajstić information content (AvgIpc) is 2.77. The van der Waals surface area contributed by atoms with Crippen molar-refractivity contribution in [1.82, 2.24) is 15.3 Å². The van der Waals surface area contributed by atoms with Crippen molar-refractivity contribution in [3.8, 4) is 0 Å². The minimum absolute atomic E-state index is 0.0432. The summed E-state index contributed by atoms with van der Waals surface area (Å²) in [6, 6.07) is 12.2. The number of carbonyl (C=O) groups excluding carboxylic acids is 1. The zero-order chi connectivity index (χ0) is 20.5. The van der Waals surface area contributed by atoms with Gasteiger partial charge in [0.2, 0.25) is 5.91 Å². The van der Waals surface area contributed by atoms with E-state index in [4.69, 9.17) is 0 Å². The lowest BCUT2D eigenvalue weighted by Gasteiger charge is -2.33. The van der Waals surface area contributed by atoms with E-state index in [0.717, 1.165) is 56.1 Å². The molecular formula is C23H33N5O. The second-order valence-electron chi connectivity index (χ2n) is 7.88. The third kappa shape index (κ3) is 6.44. The molecular weight excluding hydrogens is 362 g/mol. The Morgan fingerprint density at radius 2 is 2.10 bits per heavy atom. The molecule has 0 radical (unpaired) electrons. The van der Waals surface area contributed by atoms with Gasteiger partial charge in [-0.25, -0.2) is 9.97 Å². The summed E-state index contributed by atoms with van der Waals surface area (Å²) in [4.78, 5) is 23.5. The Morgan fingerprint density at radius 1 is 1.28 bits per heavy atom. The molecule has 2 heterocycles. The number of piperidine rings is 1. The number of aromatic nitrogens is 2. The van der Waals surface area contributed by atoms with Crippen molar-refractivity contribution in [3.63, 3.8) is 0 Å². The molecule has 0 spiro atoms. The molecule has 6 heteroatoms. The van der Waals surface area contributed by atoms with Crippen LogP contribution in [0.5, 0.6) is 0 Å². The monoisotopic (exact) mass is 395 g/mol. The number of anilines is 2. The van der Waals surface area contributed by atoms with E-state index < -0.39 is 0 Å². The van der Waals surface area contributed by atoms with Gasteiger partial charge in [-0.2, -0.15) is 0 Å². The third-order valence-electron chi connectivity index (χ3n) is 5.51. The number of rotatable bonds is 9. The standard InChI is InChI=1S/C23H33N5O/c1-3-13-24-21-15-22(26-17-25-21)28-14-7-8-19(16-28)11-12-23(29)27-18(2)20-9-5-4-6-10-20/h4-6,9-10,15,17-19H,3,7-8,11-14,16H2,1-2H3,(H,27,29)(H,24,25,26)/t18-,19+/m1/s1. The van der Waals surface area contributed by atoms with E-state index >= 15 is 0 Å². The molecule has 29 heavy (non-hydrogen) atoms. The summed E-state index contributed by atoms with van der Waals surface area (Å²) in [7, 11) is 0. The van der Waals surface area contributed by atoms with Crippen LogP contribution in [0.2, 0.25) is 0 Å². The van der Waals surface area contributed by atoms with Crippen LogP contribution in [-0.2, 0) is 4.79 Å². The second kappa shape index (κ2) is 10.8. The highest BCUT2D eigenvalue weighted by Crippen LogP contribution is 2.25. The zero-order valence-corrected chi connectivity index (χ0v) is 17.6. The van der Waals surface area contributed by atoms with Crippen LogP contribution in [0.1, 0.15) is 57.6 Å². The van der Waals surface area contributed by atoms with E-state index in [9.17, 15) is 4.79 Å². The first-order valence-corrected chi connectivity index (χ1v) is 10.8. The van der Waals surface area contributed by atoms with Crippen LogP contribution >= 0.6 is 0 Å². The minimum Gasteiger partial charge on any atom is -0.370 e. The fourth-order valence-corrected chi connectivity index (χ4v) is 3.85. The summed E-state index contributed by atoms with van der Waals surface area (Å²) in [5.41, 5.74) is 1.14. The summed E-state index contributed by atoms with van der Waals surface area (Å²) in [5, 5.41) is 6.45. The average molecular weight is 396 g/mol. The lowest BCUT2D eigenvalue weighted by atomic mass is 9.93. The molecule has 1 aliphatic rings. The Hall–Kier alpha value is -2.63. The Bertz CT molecular complexity index is 767.